The van der Waals surface area contributed by atoms with Crippen molar-refractivity contribution in [2.24, 2.45) is 0 Å². The minimum Gasteiger partial charge on any atom is -0.380 e. The van der Waals surface area contributed by atoms with Gasteiger partial charge in [-0.2, -0.15) is 0 Å². The first-order chi connectivity index (χ1) is 7.22. The van der Waals surface area contributed by atoms with Gasteiger partial charge in [0.05, 0.1) is 12.2 Å². The molecule has 0 aromatic carbocycles. The van der Waals surface area contributed by atoms with Crippen molar-refractivity contribution in [3.63, 3.8) is 0 Å². The predicted molar refractivity (Wildman–Crippen MR) is 59.9 cm³/mol. The Bertz CT molecular complexity index is 551. The van der Waals surface area contributed by atoms with Gasteiger partial charge < -0.3 is 4.74 Å². The Kier molecular flexibility index (Phi) is 2.83. The van der Waals surface area contributed by atoms with E-state index in [1.54, 1.807) is 25.6 Å². The highest BCUT2D eigenvalue weighted by atomic mass is 79.9. The second kappa shape index (κ2) is 4.12. The van der Waals surface area contributed by atoms with Crippen LogP contribution < -0.4 is 5.56 Å². The van der Waals surface area contributed by atoms with Gasteiger partial charge in [-0.25, -0.2) is 4.98 Å². The van der Waals surface area contributed by atoms with Crippen LogP contribution in [0.3, 0.4) is 0 Å². The van der Waals surface area contributed by atoms with Gasteiger partial charge in [0.2, 0.25) is 0 Å². The third-order valence-electron chi connectivity index (χ3n) is 2.04. The second-order valence-electron chi connectivity index (χ2n) is 3.10. The molecular formula is C10H9BrN2O2. The number of rotatable bonds is 2. The largest absolute Gasteiger partial charge is 0.380 e. The summed E-state index contributed by atoms with van der Waals surface area (Å²) < 4.78 is 7.26. The lowest BCUT2D eigenvalue weighted by molar-refractivity contribution is 0.183. The smallest absolute Gasteiger partial charge is 0.263 e. The van der Waals surface area contributed by atoms with Gasteiger partial charge in [-0.1, -0.05) is 0 Å². The van der Waals surface area contributed by atoms with E-state index in [0.717, 1.165) is 4.47 Å². The monoisotopic (exact) mass is 268 g/mol. The molecule has 0 spiro atoms. The first kappa shape index (κ1) is 10.3. The van der Waals surface area contributed by atoms with Crippen molar-refractivity contribution in [2.75, 3.05) is 7.11 Å². The van der Waals surface area contributed by atoms with Gasteiger partial charge in [-0.05, 0) is 28.1 Å². The van der Waals surface area contributed by atoms with Crippen LogP contribution in [0.15, 0.2) is 33.8 Å². The summed E-state index contributed by atoms with van der Waals surface area (Å²) in [5.74, 6) is 0. The SMILES string of the molecule is COCc1cnc2ccc(Br)cn2c1=O. The molecule has 0 aliphatic carbocycles. The highest BCUT2D eigenvalue weighted by Crippen LogP contribution is 2.09. The molecule has 0 fully saturated rings. The van der Waals surface area contributed by atoms with Crippen molar-refractivity contribution in [2.45, 2.75) is 6.61 Å². The zero-order valence-corrected chi connectivity index (χ0v) is 9.69. The van der Waals surface area contributed by atoms with Gasteiger partial charge in [-0.15, -0.1) is 0 Å². The summed E-state index contributed by atoms with van der Waals surface area (Å²) in [6.45, 7) is 0.279. The van der Waals surface area contributed by atoms with Gasteiger partial charge in [0, 0.05) is 24.0 Å². The molecule has 0 saturated heterocycles. The van der Waals surface area contributed by atoms with Crippen LogP contribution in [-0.2, 0) is 11.3 Å². The van der Waals surface area contributed by atoms with Crippen LogP contribution in [0.2, 0.25) is 0 Å². The lowest BCUT2D eigenvalue weighted by atomic mass is 10.3. The van der Waals surface area contributed by atoms with Gasteiger partial charge in [0.15, 0.2) is 0 Å². The normalized spacial score (nSPS) is 10.8. The van der Waals surface area contributed by atoms with Crippen LogP contribution in [0.25, 0.3) is 5.65 Å². The number of ether oxygens (including phenoxy) is 1. The summed E-state index contributed by atoms with van der Waals surface area (Å²) in [7, 11) is 1.55. The molecule has 5 heteroatoms. The molecule has 15 heavy (non-hydrogen) atoms. The standard InChI is InChI=1S/C10H9BrN2O2/c1-15-6-7-4-12-9-3-2-8(11)5-13(9)10(7)14/h2-5H,6H2,1H3. The Balaban J connectivity index is 2.71. The average molecular weight is 269 g/mol. The molecule has 0 aliphatic rings. The molecule has 2 aromatic rings. The Morgan fingerprint density at radius 1 is 1.53 bits per heavy atom. The third kappa shape index (κ3) is 1.93. The maximum Gasteiger partial charge on any atom is 0.263 e. The molecule has 2 heterocycles. The Labute approximate surface area is 94.7 Å². The van der Waals surface area contributed by atoms with E-state index in [1.165, 1.54) is 4.40 Å². The van der Waals surface area contributed by atoms with E-state index in [-0.39, 0.29) is 12.2 Å². The summed E-state index contributed by atoms with van der Waals surface area (Å²) in [6.07, 6.45) is 3.25. The topological polar surface area (TPSA) is 43.6 Å². The molecule has 0 bridgehead atoms. The van der Waals surface area contributed by atoms with Crippen LogP contribution >= 0.6 is 15.9 Å². The number of methoxy groups -OCH3 is 1. The zero-order chi connectivity index (χ0) is 10.8. The second-order valence-corrected chi connectivity index (χ2v) is 4.01. The number of fused-ring (bicyclic) bond motifs is 1. The molecule has 0 radical (unpaired) electrons. The van der Waals surface area contributed by atoms with Gasteiger partial charge in [0.1, 0.15) is 5.65 Å². The van der Waals surface area contributed by atoms with E-state index in [1.807, 2.05) is 6.07 Å². The summed E-state index contributed by atoms with van der Waals surface area (Å²) in [5.41, 5.74) is 1.08. The molecular weight excluding hydrogens is 260 g/mol. The fraction of sp³-hybridized carbons (Fsp3) is 0.200. The maximum absolute atomic E-state index is 11.9. The lowest BCUT2D eigenvalue weighted by Crippen LogP contribution is -2.19. The van der Waals surface area contributed by atoms with E-state index in [9.17, 15) is 4.79 Å². The summed E-state index contributed by atoms with van der Waals surface area (Å²) >= 11 is 3.31. The van der Waals surface area contributed by atoms with Gasteiger partial charge in [-0.3, -0.25) is 9.20 Å². The highest BCUT2D eigenvalue weighted by molar-refractivity contribution is 9.10. The minimum atomic E-state index is -0.0943. The first-order valence-electron chi connectivity index (χ1n) is 4.37. The lowest BCUT2D eigenvalue weighted by Gasteiger charge is -2.03. The molecule has 0 atom stereocenters. The van der Waals surface area contributed by atoms with Crippen molar-refractivity contribution in [1.29, 1.82) is 0 Å². The number of pyridine rings is 1. The van der Waals surface area contributed by atoms with E-state index in [4.69, 9.17) is 4.74 Å². The van der Waals surface area contributed by atoms with Crippen LogP contribution in [0.4, 0.5) is 0 Å². The molecule has 0 unspecified atom stereocenters. The predicted octanol–water partition coefficient (Wildman–Crippen LogP) is 1.60. The number of hydrogen-bond donors (Lipinski definition) is 0. The molecule has 4 nitrogen and oxygen atoms in total. The number of nitrogens with zero attached hydrogens (tertiary/aromatic N) is 2. The molecule has 2 rings (SSSR count). The molecule has 0 amide bonds. The Hall–Kier alpha value is -1.20. The molecule has 0 N–H and O–H groups in total. The van der Waals surface area contributed by atoms with Crippen molar-refractivity contribution in [3.05, 3.63) is 44.9 Å². The fourth-order valence-corrected chi connectivity index (χ4v) is 1.68. The van der Waals surface area contributed by atoms with Crippen molar-refractivity contribution in [1.82, 2.24) is 9.38 Å². The van der Waals surface area contributed by atoms with Crippen LogP contribution in [0.5, 0.6) is 0 Å². The van der Waals surface area contributed by atoms with Gasteiger partial charge in [0.25, 0.3) is 5.56 Å². The van der Waals surface area contributed by atoms with Crippen LogP contribution in [-0.4, -0.2) is 16.5 Å². The van der Waals surface area contributed by atoms with Crippen molar-refractivity contribution >= 4 is 21.6 Å². The molecule has 0 saturated carbocycles. The number of halogens is 1. The first-order valence-corrected chi connectivity index (χ1v) is 5.16. The minimum absolute atomic E-state index is 0.0943. The molecule has 2 aromatic heterocycles. The number of aromatic nitrogens is 2. The molecule has 78 valence electrons. The quantitative estimate of drug-likeness (QED) is 0.831. The zero-order valence-electron chi connectivity index (χ0n) is 8.11. The summed E-state index contributed by atoms with van der Waals surface area (Å²) in [5, 5.41) is 0. The third-order valence-corrected chi connectivity index (χ3v) is 2.51. The van der Waals surface area contributed by atoms with E-state index >= 15 is 0 Å². The Morgan fingerprint density at radius 2 is 2.33 bits per heavy atom. The highest BCUT2D eigenvalue weighted by Gasteiger charge is 2.04. The van der Waals surface area contributed by atoms with Crippen LogP contribution in [0, 0.1) is 0 Å². The van der Waals surface area contributed by atoms with Crippen LogP contribution in [0.1, 0.15) is 5.56 Å². The van der Waals surface area contributed by atoms with Crippen molar-refractivity contribution in [3.8, 4) is 0 Å². The van der Waals surface area contributed by atoms with E-state index in [0.29, 0.717) is 11.2 Å². The van der Waals surface area contributed by atoms with E-state index < -0.39 is 0 Å². The van der Waals surface area contributed by atoms with Crippen molar-refractivity contribution < 1.29 is 4.74 Å². The van der Waals surface area contributed by atoms with Gasteiger partial charge >= 0.3 is 0 Å². The summed E-state index contributed by atoms with van der Waals surface area (Å²) in [6, 6.07) is 3.62. The summed E-state index contributed by atoms with van der Waals surface area (Å²) in [4.78, 5) is 16.1. The van der Waals surface area contributed by atoms with E-state index in [2.05, 4.69) is 20.9 Å². The average Bonchev–Trinajstić information content (AvgIpc) is 2.23. The molecule has 0 aliphatic heterocycles. The Morgan fingerprint density at radius 3 is 3.07 bits per heavy atom. The maximum atomic E-state index is 11.9. The fourth-order valence-electron chi connectivity index (χ4n) is 1.34. The number of hydrogen-bond acceptors (Lipinski definition) is 3.